The maximum atomic E-state index is 13.4. The van der Waals surface area contributed by atoms with Crippen LogP contribution in [0.25, 0.3) is 0 Å². The summed E-state index contributed by atoms with van der Waals surface area (Å²) in [5.74, 6) is -0.721. The lowest BCUT2D eigenvalue weighted by molar-refractivity contribution is -0.137. The Labute approximate surface area is 182 Å². The van der Waals surface area contributed by atoms with Gasteiger partial charge in [0, 0.05) is 6.54 Å². The maximum Gasteiger partial charge on any atom is 0.417 e. The zero-order valence-electron chi connectivity index (χ0n) is 17.9. The molecule has 0 spiro atoms. The molecule has 32 heavy (non-hydrogen) atoms. The fourth-order valence-corrected chi connectivity index (χ4v) is 4.85. The molecule has 11 heteroatoms. The first-order valence-electron chi connectivity index (χ1n) is 9.99. The van der Waals surface area contributed by atoms with E-state index in [1.807, 2.05) is 0 Å². The van der Waals surface area contributed by atoms with Crippen molar-refractivity contribution in [3.63, 3.8) is 0 Å². The van der Waals surface area contributed by atoms with Crippen LogP contribution in [0.15, 0.2) is 18.2 Å². The van der Waals surface area contributed by atoms with Gasteiger partial charge in [0.25, 0.3) is 5.91 Å². The van der Waals surface area contributed by atoms with E-state index in [9.17, 15) is 27.6 Å². The van der Waals surface area contributed by atoms with Gasteiger partial charge < -0.3 is 14.5 Å². The molecule has 3 aliphatic heterocycles. The third-order valence-corrected chi connectivity index (χ3v) is 6.14. The molecule has 1 aromatic rings. The Morgan fingerprint density at radius 3 is 2.47 bits per heavy atom. The number of hydrogen-bond donors (Lipinski definition) is 0. The van der Waals surface area contributed by atoms with Gasteiger partial charge in [0.1, 0.15) is 11.1 Å². The lowest BCUT2D eigenvalue weighted by atomic mass is 9.92. The van der Waals surface area contributed by atoms with Crippen LogP contribution in [0, 0.1) is 11.3 Å². The van der Waals surface area contributed by atoms with E-state index in [0.29, 0.717) is 17.4 Å². The number of nitrogens with zero attached hydrogens (tertiary/aromatic N) is 4. The molecule has 8 nitrogen and oxygen atoms in total. The number of anilines is 1. The van der Waals surface area contributed by atoms with Crippen LogP contribution in [-0.2, 0) is 15.7 Å². The standard InChI is InChI=1S/C21H21F3N4O4/c1-19(2,3)32-18(31)26-10-13-8-15(26)20(4)16(29)27(17(30)28(13)20)12-6-5-11(9-25)14(7-12)21(22,23)24/h5-7,13,15H,8,10H2,1-4H3/t13?,15?,20-/m1/s1. The van der Waals surface area contributed by atoms with E-state index in [4.69, 9.17) is 10.00 Å². The summed E-state index contributed by atoms with van der Waals surface area (Å²) in [7, 11) is 0. The number of hydrogen-bond acceptors (Lipinski definition) is 5. The lowest BCUT2D eigenvalue weighted by Crippen LogP contribution is -2.63. The predicted molar refractivity (Wildman–Crippen MR) is 104 cm³/mol. The first-order valence-corrected chi connectivity index (χ1v) is 9.99. The van der Waals surface area contributed by atoms with Gasteiger partial charge >= 0.3 is 18.3 Å². The monoisotopic (exact) mass is 450 g/mol. The van der Waals surface area contributed by atoms with Crippen molar-refractivity contribution in [2.45, 2.75) is 63.5 Å². The van der Waals surface area contributed by atoms with Gasteiger partial charge in [0.15, 0.2) is 0 Å². The summed E-state index contributed by atoms with van der Waals surface area (Å²) in [5.41, 5.74) is -4.29. The SMILES string of the molecule is CC(C)(C)OC(=O)N1CC2CC1[C@]1(C)C(=O)N(c3ccc(C#N)c(C(F)(F)F)c3)C(=O)N21. The molecule has 4 rings (SSSR count). The lowest BCUT2D eigenvalue weighted by Gasteiger charge is -2.42. The minimum absolute atomic E-state index is 0.170. The van der Waals surface area contributed by atoms with Gasteiger partial charge in [-0.3, -0.25) is 4.79 Å². The van der Waals surface area contributed by atoms with Crippen LogP contribution in [0.4, 0.5) is 28.4 Å². The molecule has 3 fully saturated rings. The van der Waals surface area contributed by atoms with Crippen molar-refractivity contribution in [2.75, 3.05) is 11.4 Å². The van der Waals surface area contributed by atoms with Crippen LogP contribution < -0.4 is 4.90 Å². The maximum absolute atomic E-state index is 13.4. The van der Waals surface area contributed by atoms with Crippen molar-refractivity contribution in [1.29, 1.82) is 5.26 Å². The largest absolute Gasteiger partial charge is 0.444 e. The number of nitriles is 1. The van der Waals surface area contributed by atoms with Gasteiger partial charge in [0.05, 0.1) is 35.0 Å². The van der Waals surface area contributed by atoms with Gasteiger partial charge in [-0.05, 0) is 52.3 Å². The number of urea groups is 1. The molecule has 3 heterocycles. The van der Waals surface area contributed by atoms with Crippen LogP contribution in [0.2, 0.25) is 0 Å². The summed E-state index contributed by atoms with van der Waals surface area (Å²) >= 11 is 0. The fraction of sp³-hybridized carbons (Fsp3) is 0.524. The van der Waals surface area contributed by atoms with E-state index in [-0.39, 0.29) is 12.2 Å². The van der Waals surface area contributed by atoms with Gasteiger partial charge in [-0.2, -0.15) is 18.4 Å². The number of benzene rings is 1. The minimum atomic E-state index is -4.83. The highest BCUT2D eigenvalue weighted by atomic mass is 19.4. The Bertz CT molecular complexity index is 1070. The first-order chi connectivity index (χ1) is 14.7. The Morgan fingerprint density at radius 2 is 1.91 bits per heavy atom. The highest BCUT2D eigenvalue weighted by Gasteiger charge is 2.70. The third kappa shape index (κ3) is 3.00. The van der Waals surface area contributed by atoms with Gasteiger partial charge in [0.2, 0.25) is 0 Å². The molecule has 0 N–H and O–H groups in total. The number of carbonyl (C=O) groups is 3. The molecule has 3 saturated heterocycles. The van der Waals surface area contributed by atoms with Crippen molar-refractivity contribution in [1.82, 2.24) is 9.80 Å². The zero-order chi connectivity index (χ0) is 23.8. The average Bonchev–Trinajstić information content (AvgIpc) is 3.28. The topological polar surface area (TPSA) is 94.0 Å². The number of amides is 4. The summed E-state index contributed by atoms with van der Waals surface area (Å²) in [4.78, 5) is 42.7. The number of halogens is 3. The first kappa shape index (κ1) is 21.9. The molecule has 170 valence electrons. The average molecular weight is 450 g/mol. The number of rotatable bonds is 1. The number of fused-ring (bicyclic) bond motifs is 5. The van der Waals surface area contributed by atoms with E-state index in [1.165, 1.54) is 22.8 Å². The van der Waals surface area contributed by atoms with Crippen LogP contribution >= 0.6 is 0 Å². The smallest absolute Gasteiger partial charge is 0.417 e. The van der Waals surface area contributed by atoms with E-state index in [0.717, 1.165) is 12.1 Å². The highest BCUT2D eigenvalue weighted by Crippen LogP contribution is 2.49. The normalized spacial score (nSPS) is 27.1. The second-order valence-corrected chi connectivity index (χ2v) is 9.32. The summed E-state index contributed by atoms with van der Waals surface area (Å²) in [6, 6.07) is 2.32. The van der Waals surface area contributed by atoms with E-state index >= 15 is 0 Å². The van der Waals surface area contributed by atoms with Crippen LogP contribution in [-0.4, -0.2) is 57.6 Å². The van der Waals surface area contributed by atoms with Crippen molar-refractivity contribution < 1.29 is 32.3 Å². The van der Waals surface area contributed by atoms with Crippen molar-refractivity contribution in [2.24, 2.45) is 0 Å². The second kappa shape index (κ2) is 6.60. The van der Waals surface area contributed by atoms with Crippen molar-refractivity contribution >= 4 is 23.7 Å². The summed E-state index contributed by atoms with van der Waals surface area (Å²) < 4.78 is 45.6. The molecular formula is C21H21F3N4O4. The number of alkyl halides is 3. The third-order valence-electron chi connectivity index (χ3n) is 6.14. The zero-order valence-corrected chi connectivity index (χ0v) is 17.9. The van der Waals surface area contributed by atoms with Crippen LogP contribution in [0.1, 0.15) is 45.2 Å². The molecule has 4 amide bonds. The number of ether oxygens (including phenoxy) is 1. The Balaban J connectivity index is 1.70. The number of piperazine rings is 1. The minimum Gasteiger partial charge on any atom is -0.444 e. The summed E-state index contributed by atoms with van der Waals surface area (Å²) in [6.07, 6.45) is -5.07. The summed E-state index contributed by atoms with van der Waals surface area (Å²) in [6.45, 7) is 6.82. The van der Waals surface area contributed by atoms with Crippen LogP contribution in [0.5, 0.6) is 0 Å². The number of carbonyl (C=O) groups excluding carboxylic acids is 3. The van der Waals surface area contributed by atoms with Crippen molar-refractivity contribution in [3.05, 3.63) is 29.3 Å². The molecule has 3 aliphatic rings. The van der Waals surface area contributed by atoms with E-state index in [2.05, 4.69) is 0 Å². The summed E-state index contributed by atoms with van der Waals surface area (Å²) in [5, 5.41) is 9.00. The molecule has 0 aromatic heterocycles. The quantitative estimate of drug-likeness (QED) is 0.611. The highest BCUT2D eigenvalue weighted by molar-refractivity contribution is 6.24. The second-order valence-electron chi connectivity index (χ2n) is 9.32. The number of imide groups is 1. The molecule has 2 bridgehead atoms. The fourth-order valence-electron chi connectivity index (χ4n) is 4.85. The molecule has 0 radical (unpaired) electrons. The van der Waals surface area contributed by atoms with E-state index in [1.54, 1.807) is 20.8 Å². The van der Waals surface area contributed by atoms with Crippen molar-refractivity contribution in [3.8, 4) is 6.07 Å². The van der Waals surface area contributed by atoms with Gasteiger partial charge in [-0.15, -0.1) is 0 Å². The molecule has 0 aliphatic carbocycles. The van der Waals surface area contributed by atoms with Gasteiger partial charge in [-0.25, -0.2) is 14.5 Å². The number of likely N-dealkylation sites (tertiary alicyclic amines) is 1. The predicted octanol–water partition coefficient (Wildman–Crippen LogP) is 3.50. The van der Waals surface area contributed by atoms with E-state index < -0.39 is 58.6 Å². The molecular weight excluding hydrogens is 429 g/mol. The Kier molecular flexibility index (Phi) is 4.52. The molecule has 0 saturated carbocycles. The Morgan fingerprint density at radius 1 is 1.25 bits per heavy atom. The molecule has 3 atom stereocenters. The van der Waals surface area contributed by atoms with Gasteiger partial charge in [-0.1, -0.05) is 0 Å². The van der Waals surface area contributed by atoms with Crippen LogP contribution in [0.3, 0.4) is 0 Å². The molecule has 2 unspecified atom stereocenters. The molecule has 1 aromatic carbocycles. The Hall–Kier alpha value is -3.29.